The summed E-state index contributed by atoms with van der Waals surface area (Å²) in [7, 11) is 3.59. The summed E-state index contributed by atoms with van der Waals surface area (Å²) >= 11 is 0. The summed E-state index contributed by atoms with van der Waals surface area (Å²) in [5.74, 6) is 1.67. The number of methoxy groups -OCH3 is 1. The van der Waals surface area contributed by atoms with E-state index in [1.54, 1.807) is 7.11 Å². The molecule has 2 bridgehead atoms. The van der Waals surface area contributed by atoms with Crippen LogP contribution in [0.25, 0.3) is 0 Å². The molecule has 3 N–H and O–H groups in total. The topological polar surface area (TPSA) is 128 Å². The van der Waals surface area contributed by atoms with Crippen LogP contribution < -0.4 is 19.5 Å². The number of ether oxygens (including phenoxy) is 3. The Kier molecular flexibility index (Phi) is 11.0. The number of rotatable bonds is 14. The van der Waals surface area contributed by atoms with Crippen molar-refractivity contribution >= 4 is 5.91 Å². The van der Waals surface area contributed by atoms with Crippen LogP contribution in [0.2, 0.25) is 0 Å². The summed E-state index contributed by atoms with van der Waals surface area (Å²) in [6.45, 7) is 8.29. The number of amides is 1. The number of piperazine rings is 1. The molecule has 2 aromatic carbocycles. The molecular weight excluding hydrogens is 632 g/mol. The largest absolute Gasteiger partial charge is 0.507 e. The highest BCUT2D eigenvalue weighted by Crippen LogP contribution is 2.58. The number of carbonyl (C=O) groups is 1. The van der Waals surface area contributed by atoms with Gasteiger partial charge in [0, 0.05) is 46.8 Å². The fourth-order valence-corrected chi connectivity index (χ4v) is 9.31. The summed E-state index contributed by atoms with van der Waals surface area (Å²) in [6, 6.07) is 3.00. The Hall–Kier alpha value is -3.68. The number of aryl methyl sites for hydroxylation is 1. The quantitative estimate of drug-likeness (QED) is 0.182. The van der Waals surface area contributed by atoms with Gasteiger partial charge in [0.1, 0.15) is 11.8 Å². The minimum absolute atomic E-state index is 0.00980. The van der Waals surface area contributed by atoms with Crippen molar-refractivity contribution in [3.05, 3.63) is 39.4 Å². The van der Waals surface area contributed by atoms with Crippen molar-refractivity contribution in [1.29, 1.82) is 5.26 Å². The third kappa shape index (κ3) is 6.36. The number of hydrogen-bond donors (Lipinski definition) is 3. The predicted molar refractivity (Wildman–Crippen MR) is 192 cm³/mol. The lowest BCUT2D eigenvalue weighted by molar-refractivity contribution is -0.125. The molecule has 1 fully saturated rings. The summed E-state index contributed by atoms with van der Waals surface area (Å²) in [5.41, 5.74) is 4.80. The van der Waals surface area contributed by atoms with E-state index >= 15 is 0 Å². The van der Waals surface area contributed by atoms with Crippen LogP contribution in [0.4, 0.5) is 0 Å². The Bertz CT molecular complexity index is 1620. The Morgan fingerprint density at radius 1 is 1.02 bits per heavy atom. The first-order valence-electron chi connectivity index (χ1n) is 18.8. The zero-order valence-electron chi connectivity index (χ0n) is 30.8. The van der Waals surface area contributed by atoms with E-state index in [0.717, 1.165) is 47.1 Å². The van der Waals surface area contributed by atoms with E-state index in [9.17, 15) is 20.3 Å². The molecule has 2 aromatic rings. The second-order valence-electron chi connectivity index (χ2n) is 15.0. The summed E-state index contributed by atoms with van der Waals surface area (Å²) in [5, 5.41) is 37.5. The van der Waals surface area contributed by atoms with E-state index in [0.29, 0.717) is 35.7 Å². The third-order valence-corrected chi connectivity index (χ3v) is 11.9. The van der Waals surface area contributed by atoms with Crippen LogP contribution in [0, 0.1) is 31.1 Å². The fourth-order valence-electron chi connectivity index (χ4n) is 9.31. The van der Waals surface area contributed by atoms with E-state index in [1.165, 1.54) is 44.9 Å². The number of nitrogens with zero attached hydrogens (tertiary/aromatic N) is 3. The van der Waals surface area contributed by atoms with E-state index in [4.69, 9.17) is 14.2 Å². The number of nitrogens with one attached hydrogen (secondary N) is 1. The normalized spacial score (nSPS) is 24.1. The lowest BCUT2D eigenvalue weighted by Crippen LogP contribution is -2.68. The van der Waals surface area contributed by atoms with E-state index in [1.807, 2.05) is 27.8 Å². The zero-order chi connectivity index (χ0) is 35.7. The third-order valence-electron chi connectivity index (χ3n) is 11.9. The van der Waals surface area contributed by atoms with E-state index in [2.05, 4.69) is 34.2 Å². The number of hydrogen-bond acceptors (Lipinski definition) is 9. The number of phenols is 2. The number of fused-ring (bicyclic) bond motifs is 9. The van der Waals surface area contributed by atoms with Crippen LogP contribution in [0.15, 0.2) is 6.07 Å². The number of unbranched alkanes of at least 4 members (excludes halogenated alkanes) is 8. The van der Waals surface area contributed by atoms with Gasteiger partial charge in [-0.05, 0) is 51.3 Å². The minimum Gasteiger partial charge on any atom is -0.507 e. The van der Waals surface area contributed by atoms with Gasteiger partial charge in [0.25, 0.3) is 0 Å². The van der Waals surface area contributed by atoms with Crippen molar-refractivity contribution in [3.8, 4) is 34.8 Å². The molecular formula is C40H56N4O6. The Morgan fingerprint density at radius 3 is 2.38 bits per heavy atom. The molecule has 272 valence electrons. The first-order chi connectivity index (χ1) is 24.1. The molecule has 0 spiro atoms. The molecule has 6 rings (SSSR count). The number of aromatic hydroxyl groups is 2. The zero-order valence-corrected chi connectivity index (χ0v) is 30.8. The van der Waals surface area contributed by atoms with Gasteiger partial charge in [-0.25, -0.2) is 0 Å². The van der Waals surface area contributed by atoms with Gasteiger partial charge in [-0.15, -0.1) is 0 Å². The van der Waals surface area contributed by atoms with Crippen molar-refractivity contribution < 1.29 is 29.2 Å². The Morgan fingerprint density at radius 2 is 1.70 bits per heavy atom. The van der Waals surface area contributed by atoms with Gasteiger partial charge < -0.3 is 29.7 Å². The molecule has 10 nitrogen and oxygen atoms in total. The van der Waals surface area contributed by atoms with Crippen LogP contribution in [0.5, 0.6) is 28.7 Å². The van der Waals surface area contributed by atoms with Crippen LogP contribution in [0.1, 0.15) is 124 Å². The van der Waals surface area contributed by atoms with Crippen LogP contribution in [-0.4, -0.2) is 71.5 Å². The minimum atomic E-state index is -0.519. The highest BCUT2D eigenvalue weighted by molar-refractivity contribution is 5.78. The molecule has 4 aliphatic rings. The molecule has 2 unspecified atom stereocenters. The van der Waals surface area contributed by atoms with Gasteiger partial charge in [-0.2, -0.15) is 5.26 Å². The highest BCUT2D eigenvalue weighted by atomic mass is 16.7. The average Bonchev–Trinajstić information content (AvgIpc) is 3.59. The maximum absolute atomic E-state index is 13.6. The Balaban J connectivity index is 1.28. The monoisotopic (exact) mass is 688 g/mol. The van der Waals surface area contributed by atoms with Crippen LogP contribution >= 0.6 is 0 Å². The first kappa shape index (κ1) is 36.1. The molecule has 6 atom stereocenters. The number of benzene rings is 2. The second-order valence-corrected chi connectivity index (χ2v) is 15.0. The summed E-state index contributed by atoms with van der Waals surface area (Å²) < 4.78 is 17.6. The smallest absolute Gasteiger partial charge is 0.231 e. The number of phenolic OH excluding ortho intramolecular Hbond substituents is 2. The van der Waals surface area contributed by atoms with Gasteiger partial charge in [-0.3, -0.25) is 14.6 Å². The van der Waals surface area contributed by atoms with E-state index < -0.39 is 12.1 Å². The van der Waals surface area contributed by atoms with Gasteiger partial charge in [-0.1, -0.05) is 77.7 Å². The van der Waals surface area contributed by atoms with Gasteiger partial charge in [0.2, 0.25) is 12.7 Å². The Labute approximate surface area is 297 Å². The summed E-state index contributed by atoms with van der Waals surface area (Å²) in [4.78, 5) is 18.1. The van der Waals surface area contributed by atoms with E-state index in [-0.39, 0.29) is 54.8 Å². The molecule has 1 amide bonds. The number of likely N-dealkylation sites (N-methyl/N-ethyl adjacent to an activating group) is 1. The lowest BCUT2D eigenvalue weighted by atomic mass is 9.71. The van der Waals surface area contributed by atoms with Crippen molar-refractivity contribution in [1.82, 2.24) is 15.1 Å². The summed E-state index contributed by atoms with van der Waals surface area (Å²) in [6.07, 6.45) is 13.0. The fraction of sp³-hybridized carbons (Fsp3) is 0.650. The maximum Gasteiger partial charge on any atom is 0.231 e. The maximum atomic E-state index is 13.6. The highest BCUT2D eigenvalue weighted by Gasteiger charge is 2.56. The van der Waals surface area contributed by atoms with Crippen LogP contribution in [-0.2, 0) is 17.6 Å². The SMILES string of the molecule is CCCCCCCCCCCC(C)C(=O)NC[C@H]1c2c(c(O)c(C)c3c2OCO3)CC2[C@H]3c4c(cc(C)c(OC)c4O)C[C@@H]([C@H](C#N)N21)N3C. The standard InChI is InChI=1S/C40H56N4O6/c1-7-8-9-10-11-12-13-14-15-16-23(2)40(47)42-21-31-33-27(35(45)25(4)38-39(33)50-22-49-38)19-29-34-32-26(17-24(3)37(48-6)36(32)46)18-28(43(34)5)30(20-41)44(29)31/h17,23,28-31,34,45-46H,7-16,18-19,21-22H2,1-6H3,(H,42,47)/t23?,28-,29?,30-,31-,34-/m0/s1. The van der Waals surface area contributed by atoms with Crippen molar-refractivity contribution in [2.45, 2.75) is 135 Å². The van der Waals surface area contributed by atoms with Gasteiger partial charge in [0.05, 0.1) is 25.3 Å². The number of carbonyl (C=O) groups excluding carboxylic acids is 1. The molecule has 4 heterocycles. The molecule has 0 aromatic heterocycles. The first-order valence-corrected chi connectivity index (χ1v) is 18.8. The molecule has 4 aliphatic heterocycles. The van der Waals surface area contributed by atoms with Gasteiger partial charge in [0.15, 0.2) is 23.0 Å². The molecule has 0 aliphatic carbocycles. The van der Waals surface area contributed by atoms with Gasteiger partial charge >= 0.3 is 0 Å². The second kappa shape index (κ2) is 15.3. The van der Waals surface area contributed by atoms with Crippen LogP contribution in [0.3, 0.4) is 0 Å². The molecule has 10 heteroatoms. The number of nitriles is 1. The van der Waals surface area contributed by atoms with Crippen molar-refractivity contribution in [2.75, 3.05) is 27.5 Å². The predicted octanol–water partition coefficient (Wildman–Crippen LogP) is 6.90. The van der Waals surface area contributed by atoms with Crippen molar-refractivity contribution in [3.63, 3.8) is 0 Å². The average molecular weight is 689 g/mol. The lowest BCUT2D eigenvalue weighted by Gasteiger charge is -2.60. The molecule has 0 radical (unpaired) electrons. The molecule has 50 heavy (non-hydrogen) atoms. The molecule has 0 saturated carbocycles. The molecule has 1 saturated heterocycles. The van der Waals surface area contributed by atoms with Crippen molar-refractivity contribution in [2.24, 2.45) is 5.92 Å².